The summed E-state index contributed by atoms with van der Waals surface area (Å²) in [5.41, 5.74) is 6.49. The van der Waals surface area contributed by atoms with Crippen molar-refractivity contribution in [3.05, 3.63) is 56.5 Å². The third-order valence-electron chi connectivity index (χ3n) is 4.38. The van der Waals surface area contributed by atoms with Crippen LogP contribution < -0.4 is 16.0 Å². The number of hydrogen-bond acceptors (Lipinski definition) is 7. The molecule has 1 fully saturated rings. The molecule has 0 radical (unpaired) electrons. The van der Waals surface area contributed by atoms with E-state index in [1.807, 2.05) is 18.2 Å². The molecule has 1 aliphatic rings. The molecule has 1 aliphatic heterocycles. The van der Waals surface area contributed by atoms with E-state index in [9.17, 15) is 19.7 Å². The summed E-state index contributed by atoms with van der Waals surface area (Å²) >= 11 is 4.44. The van der Waals surface area contributed by atoms with Gasteiger partial charge in [-0.2, -0.15) is 0 Å². The van der Waals surface area contributed by atoms with Gasteiger partial charge in [0.25, 0.3) is 5.69 Å². The van der Waals surface area contributed by atoms with Gasteiger partial charge >= 0.3 is 0 Å². The molecule has 3 rings (SSSR count). The minimum Gasteiger partial charge on any atom is -0.378 e. The largest absolute Gasteiger partial charge is 0.378 e. The van der Waals surface area contributed by atoms with Crippen molar-refractivity contribution in [3.8, 4) is 0 Å². The van der Waals surface area contributed by atoms with Crippen LogP contribution in [-0.4, -0.2) is 48.8 Å². The molecule has 11 heteroatoms. The fourth-order valence-corrected chi connectivity index (χ4v) is 4.12. The van der Waals surface area contributed by atoms with Crippen molar-refractivity contribution in [1.29, 1.82) is 0 Å². The van der Waals surface area contributed by atoms with Crippen molar-refractivity contribution in [1.82, 2.24) is 0 Å². The molecule has 9 nitrogen and oxygen atoms in total. The second-order valence-electron chi connectivity index (χ2n) is 6.40. The van der Waals surface area contributed by atoms with Gasteiger partial charge in [0.05, 0.1) is 40.2 Å². The third-order valence-corrected chi connectivity index (χ3v) is 5.94. The summed E-state index contributed by atoms with van der Waals surface area (Å²) in [5, 5.41) is 14.2. The van der Waals surface area contributed by atoms with Crippen molar-refractivity contribution >= 4 is 56.6 Å². The Morgan fingerprint density at radius 1 is 1.23 bits per heavy atom. The number of hydrogen-bond donors (Lipinski definition) is 2. The molecule has 158 valence electrons. The molecule has 2 aromatic rings. The first-order valence-electron chi connectivity index (χ1n) is 8.98. The highest BCUT2D eigenvalue weighted by atomic mass is 79.9. The van der Waals surface area contributed by atoms with Gasteiger partial charge in [-0.05, 0) is 30.3 Å². The van der Waals surface area contributed by atoms with E-state index in [-0.39, 0.29) is 27.8 Å². The Morgan fingerprint density at radius 3 is 2.63 bits per heavy atom. The molecule has 0 unspecified atom stereocenters. The zero-order chi connectivity index (χ0) is 21.7. The lowest BCUT2D eigenvalue weighted by molar-refractivity contribution is -0.387. The van der Waals surface area contributed by atoms with Gasteiger partial charge in [0.15, 0.2) is 0 Å². The molecular weight excluding hydrogens is 476 g/mol. The van der Waals surface area contributed by atoms with Crippen molar-refractivity contribution < 1.29 is 19.2 Å². The third kappa shape index (κ3) is 5.49. The maximum absolute atomic E-state index is 12.6. The number of nitrogens with zero attached hydrogens (tertiary/aromatic N) is 2. The normalized spacial score (nSPS) is 13.7. The zero-order valence-corrected chi connectivity index (χ0v) is 18.2. The number of ether oxygens (including phenoxy) is 1. The fraction of sp³-hybridized carbons (Fsp3) is 0.263. The summed E-state index contributed by atoms with van der Waals surface area (Å²) in [6.45, 7) is 2.67. The molecule has 3 N–H and O–H groups in total. The number of benzene rings is 2. The number of anilines is 2. The number of halogens is 1. The highest BCUT2D eigenvalue weighted by molar-refractivity contribution is 9.10. The first-order valence-corrected chi connectivity index (χ1v) is 10.8. The molecular formula is C19H19BrN4O5S. The number of nitrogens with one attached hydrogen (secondary N) is 1. The average Bonchev–Trinajstić information content (AvgIpc) is 2.72. The number of nitro benzene ring substituents is 1. The van der Waals surface area contributed by atoms with Crippen LogP contribution in [0.5, 0.6) is 0 Å². The van der Waals surface area contributed by atoms with Crippen LogP contribution in [-0.2, 0) is 9.53 Å². The van der Waals surface area contributed by atoms with Crippen molar-refractivity contribution in [2.75, 3.05) is 42.3 Å². The number of primary amides is 1. The number of nitrogens with two attached hydrogens (primary N) is 1. The number of nitro groups is 1. The van der Waals surface area contributed by atoms with Crippen molar-refractivity contribution in [2.24, 2.45) is 5.73 Å². The molecule has 0 atom stereocenters. The fourth-order valence-electron chi connectivity index (χ4n) is 2.95. The maximum atomic E-state index is 12.6. The van der Waals surface area contributed by atoms with Gasteiger partial charge in [-0.25, -0.2) is 0 Å². The Hall–Kier alpha value is -2.63. The summed E-state index contributed by atoms with van der Waals surface area (Å²) in [7, 11) is 0. The standard InChI is InChI=1S/C19H19BrN4O5S/c20-13-2-3-15(23-5-7-29-8-6-23)14(10-13)22-18(25)11-30-17-4-1-12(19(21)26)9-16(17)24(27)28/h1-4,9-10H,5-8,11H2,(H2,21,26)(H,22,25). The summed E-state index contributed by atoms with van der Waals surface area (Å²) < 4.78 is 6.20. The summed E-state index contributed by atoms with van der Waals surface area (Å²) in [6, 6.07) is 9.59. The molecule has 30 heavy (non-hydrogen) atoms. The van der Waals surface area contributed by atoms with E-state index in [0.29, 0.717) is 18.9 Å². The van der Waals surface area contributed by atoms with E-state index in [4.69, 9.17) is 10.5 Å². The summed E-state index contributed by atoms with van der Waals surface area (Å²) in [6.07, 6.45) is 0. The minimum atomic E-state index is -0.752. The number of morpholine rings is 1. The van der Waals surface area contributed by atoms with Gasteiger partial charge in [0.1, 0.15) is 0 Å². The molecule has 0 saturated carbocycles. The average molecular weight is 495 g/mol. The first-order chi connectivity index (χ1) is 14.3. The van der Waals surface area contributed by atoms with Gasteiger partial charge < -0.3 is 20.7 Å². The van der Waals surface area contributed by atoms with Crippen molar-refractivity contribution in [2.45, 2.75) is 4.90 Å². The van der Waals surface area contributed by atoms with E-state index in [1.165, 1.54) is 12.1 Å². The van der Waals surface area contributed by atoms with Crippen LogP contribution in [0.2, 0.25) is 0 Å². The lowest BCUT2D eigenvalue weighted by Crippen LogP contribution is -2.36. The molecule has 0 bridgehead atoms. The quantitative estimate of drug-likeness (QED) is 0.343. The van der Waals surface area contributed by atoms with Crippen LogP contribution in [0.1, 0.15) is 10.4 Å². The van der Waals surface area contributed by atoms with Gasteiger partial charge in [0, 0.05) is 29.2 Å². The van der Waals surface area contributed by atoms with Gasteiger partial charge in [0.2, 0.25) is 11.8 Å². The number of thioether (sulfide) groups is 1. The number of rotatable bonds is 7. The maximum Gasteiger partial charge on any atom is 0.283 e. The van der Waals surface area contributed by atoms with Crippen LogP contribution in [0.25, 0.3) is 0 Å². The lowest BCUT2D eigenvalue weighted by Gasteiger charge is -2.30. The summed E-state index contributed by atoms with van der Waals surface area (Å²) in [4.78, 5) is 36.9. The topological polar surface area (TPSA) is 128 Å². The van der Waals surface area contributed by atoms with E-state index in [2.05, 4.69) is 26.1 Å². The van der Waals surface area contributed by atoms with E-state index in [0.717, 1.165) is 41.1 Å². The van der Waals surface area contributed by atoms with E-state index >= 15 is 0 Å². The molecule has 0 aliphatic carbocycles. The predicted octanol–water partition coefficient (Wildman–Crippen LogP) is 3.02. The van der Waals surface area contributed by atoms with Crippen LogP contribution in [0.3, 0.4) is 0 Å². The highest BCUT2D eigenvalue weighted by Crippen LogP contribution is 2.32. The van der Waals surface area contributed by atoms with E-state index < -0.39 is 10.8 Å². The van der Waals surface area contributed by atoms with Crippen LogP contribution in [0.4, 0.5) is 17.1 Å². The van der Waals surface area contributed by atoms with Crippen molar-refractivity contribution in [3.63, 3.8) is 0 Å². The Labute approximate surface area is 185 Å². The molecule has 2 amide bonds. The Morgan fingerprint density at radius 2 is 1.97 bits per heavy atom. The Bertz CT molecular complexity index is 981. The molecule has 2 aromatic carbocycles. The minimum absolute atomic E-state index is 0.0359. The molecule has 1 heterocycles. The number of amides is 2. The monoisotopic (exact) mass is 494 g/mol. The Kier molecular flexibility index (Phi) is 7.29. The lowest BCUT2D eigenvalue weighted by atomic mass is 10.2. The second kappa shape index (κ2) is 9.92. The SMILES string of the molecule is NC(=O)c1ccc(SCC(=O)Nc2cc(Br)ccc2N2CCOCC2)c([N+](=O)[O-])c1. The number of carbonyl (C=O) groups excluding carboxylic acids is 2. The van der Waals surface area contributed by atoms with Crippen LogP contribution in [0.15, 0.2) is 45.8 Å². The van der Waals surface area contributed by atoms with Gasteiger partial charge in [-0.1, -0.05) is 15.9 Å². The second-order valence-corrected chi connectivity index (χ2v) is 8.33. The molecule has 1 saturated heterocycles. The molecule has 0 spiro atoms. The van der Waals surface area contributed by atoms with Gasteiger partial charge in [-0.3, -0.25) is 19.7 Å². The zero-order valence-electron chi connectivity index (χ0n) is 15.8. The van der Waals surface area contributed by atoms with Crippen LogP contribution in [0, 0.1) is 10.1 Å². The van der Waals surface area contributed by atoms with Gasteiger partial charge in [-0.15, -0.1) is 11.8 Å². The molecule has 0 aromatic heterocycles. The number of carbonyl (C=O) groups is 2. The summed E-state index contributed by atoms with van der Waals surface area (Å²) in [5.74, 6) is -1.09. The highest BCUT2D eigenvalue weighted by Gasteiger charge is 2.20. The van der Waals surface area contributed by atoms with E-state index in [1.54, 1.807) is 0 Å². The predicted molar refractivity (Wildman–Crippen MR) is 118 cm³/mol. The first kappa shape index (κ1) is 22.1. The smallest absolute Gasteiger partial charge is 0.283 e. The van der Waals surface area contributed by atoms with Crippen LogP contribution >= 0.6 is 27.7 Å². The Balaban J connectivity index is 1.72.